The number of para-hydroxylation sites is 1. The summed E-state index contributed by atoms with van der Waals surface area (Å²) >= 11 is 0. The lowest BCUT2D eigenvalue weighted by molar-refractivity contribution is -0.127. The maximum Gasteiger partial charge on any atom is 0.243 e. The Morgan fingerprint density at radius 2 is 1.90 bits per heavy atom. The summed E-state index contributed by atoms with van der Waals surface area (Å²) in [6.45, 7) is 3.59. The Kier molecular flexibility index (Phi) is 9.22. The first kappa shape index (κ1) is 23.8. The molecular formula is C22H30IN5O2. The van der Waals surface area contributed by atoms with Gasteiger partial charge < -0.3 is 24.9 Å². The van der Waals surface area contributed by atoms with Gasteiger partial charge in [-0.05, 0) is 36.6 Å². The number of aromatic nitrogens is 1. The third kappa shape index (κ3) is 6.51. The second kappa shape index (κ2) is 11.6. The van der Waals surface area contributed by atoms with Gasteiger partial charge in [-0.15, -0.1) is 24.0 Å². The lowest BCUT2D eigenvalue weighted by Crippen LogP contribution is -2.40. The predicted octanol–water partition coefficient (Wildman–Crippen LogP) is 3.10. The molecule has 0 fully saturated rings. The van der Waals surface area contributed by atoms with Crippen molar-refractivity contribution in [1.29, 1.82) is 0 Å². The van der Waals surface area contributed by atoms with Crippen LogP contribution in [0.1, 0.15) is 16.9 Å². The Labute approximate surface area is 194 Å². The number of nitrogens with zero attached hydrogens (tertiary/aromatic N) is 2. The highest BCUT2D eigenvalue weighted by Crippen LogP contribution is 2.21. The summed E-state index contributed by atoms with van der Waals surface area (Å²) in [5.74, 6) is 1.50. The van der Waals surface area contributed by atoms with Crippen LogP contribution in [0.25, 0.3) is 10.9 Å². The number of nitrogens with one attached hydrogen (secondary N) is 3. The van der Waals surface area contributed by atoms with Gasteiger partial charge in [0.25, 0.3) is 0 Å². The molecule has 7 nitrogen and oxygen atoms in total. The van der Waals surface area contributed by atoms with Crippen molar-refractivity contribution in [2.24, 2.45) is 4.99 Å². The first-order valence-corrected chi connectivity index (χ1v) is 9.85. The molecule has 1 amide bonds. The number of aliphatic imine (C=N–C) groups is 1. The molecule has 0 aliphatic rings. The van der Waals surface area contributed by atoms with Crippen molar-refractivity contribution in [3.63, 3.8) is 0 Å². The zero-order valence-corrected chi connectivity index (χ0v) is 20.0. The minimum Gasteiger partial charge on any atom is -0.469 e. The second-order valence-electron chi connectivity index (χ2n) is 7.20. The molecule has 2 aromatic heterocycles. The molecule has 162 valence electrons. The van der Waals surface area contributed by atoms with Gasteiger partial charge in [0, 0.05) is 50.7 Å². The normalized spacial score (nSPS) is 11.2. The summed E-state index contributed by atoms with van der Waals surface area (Å²) in [5, 5.41) is 7.86. The van der Waals surface area contributed by atoms with Crippen molar-refractivity contribution in [3.05, 3.63) is 59.7 Å². The van der Waals surface area contributed by atoms with E-state index >= 15 is 0 Å². The molecule has 0 spiro atoms. The van der Waals surface area contributed by atoms with E-state index in [1.54, 1.807) is 20.4 Å². The van der Waals surface area contributed by atoms with Gasteiger partial charge in [-0.1, -0.05) is 18.2 Å². The number of rotatable bonds is 8. The van der Waals surface area contributed by atoms with Crippen LogP contribution < -0.4 is 10.6 Å². The summed E-state index contributed by atoms with van der Waals surface area (Å²) in [5.41, 5.74) is 3.69. The average Bonchev–Trinajstić information content (AvgIpc) is 3.36. The standard InChI is InChI=1S/C22H29N5O2.HI/c1-16-6-4-8-19-17(14-25-21(16)19)9-11-23-22(26-15-20(28)27(2)3)24-12-10-18-7-5-13-29-18;/h4-8,13-14,25H,9-12,15H2,1-3H3,(H2,23,24,26);1H. The molecule has 2 heterocycles. The van der Waals surface area contributed by atoms with E-state index in [1.165, 1.54) is 26.9 Å². The summed E-state index contributed by atoms with van der Waals surface area (Å²) in [4.78, 5) is 21.2. The maximum absolute atomic E-state index is 11.9. The van der Waals surface area contributed by atoms with E-state index < -0.39 is 0 Å². The van der Waals surface area contributed by atoms with Crippen LogP contribution in [0, 0.1) is 6.92 Å². The highest BCUT2D eigenvalue weighted by molar-refractivity contribution is 14.0. The van der Waals surface area contributed by atoms with Crippen molar-refractivity contribution in [2.75, 3.05) is 33.7 Å². The van der Waals surface area contributed by atoms with Crippen molar-refractivity contribution in [1.82, 2.24) is 20.5 Å². The van der Waals surface area contributed by atoms with Gasteiger partial charge in [-0.25, -0.2) is 4.99 Å². The SMILES string of the molecule is Cc1cccc2c(CCNC(=NCC(=O)N(C)C)NCCc3ccco3)c[nH]c12.I. The number of hydrogen-bond donors (Lipinski definition) is 3. The van der Waals surface area contributed by atoms with E-state index in [0.717, 1.165) is 18.6 Å². The van der Waals surface area contributed by atoms with Gasteiger partial charge in [0.05, 0.1) is 6.26 Å². The van der Waals surface area contributed by atoms with E-state index in [-0.39, 0.29) is 36.4 Å². The Morgan fingerprint density at radius 1 is 1.13 bits per heavy atom. The topological polar surface area (TPSA) is 85.7 Å². The van der Waals surface area contributed by atoms with Crippen LogP contribution in [0.15, 0.2) is 52.2 Å². The van der Waals surface area contributed by atoms with Gasteiger partial charge in [-0.3, -0.25) is 4.79 Å². The lowest BCUT2D eigenvalue weighted by atomic mass is 10.1. The third-order valence-electron chi connectivity index (χ3n) is 4.81. The van der Waals surface area contributed by atoms with Crippen LogP contribution in [-0.2, 0) is 17.6 Å². The van der Waals surface area contributed by atoms with Gasteiger partial charge in [0.2, 0.25) is 5.91 Å². The number of halogens is 1. The molecule has 0 radical (unpaired) electrons. The molecule has 8 heteroatoms. The number of carbonyl (C=O) groups excluding carboxylic acids is 1. The number of furan rings is 1. The second-order valence-corrected chi connectivity index (χ2v) is 7.20. The average molecular weight is 523 g/mol. The quantitative estimate of drug-likeness (QED) is 0.241. The van der Waals surface area contributed by atoms with E-state index in [9.17, 15) is 4.79 Å². The smallest absolute Gasteiger partial charge is 0.243 e. The number of fused-ring (bicyclic) bond motifs is 1. The zero-order chi connectivity index (χ0) is 20.6. The van der Waals surface area contributed by atoms with Gasteiger partial charge >= 0.3 is 0 Å². The molecule has 0 atom stereocenters. The van der Waals surface area contributed by atoms with Crippen LogP contribution in [0.4, 0.5) is 0 Å². The Morgan fingerprint density at radius 3 is 2.60 bits per heavy atom. The van der Waals surface area contributed by atoms with Crippen molar-refractivity contribution in [3.8, 4) is 0 Å². The van der Waals surface area contributed by atoms with Crippen LogP contribution in [0.5, 0.6) is 0 Å². The first-order valence-electron chi connectivity index (χ1n) is 9.85. The van der Waals surface area contributed by atoms with Gasteiger partial charge in [0.1, 0.15) is 12.3 Å². The molecule has 30 heavy (non-hydrogen) atoms. The fourth-order valence-corrected chi connectivity index (χ4v) is 3.11. The van der Waals surface area contributed by atoms with Crippen LogP contribution in [-0.4, -0.2) is 55.5 Å². The molecule has 3 aromatic rings. The number of carbonyl (C=O) groups is 1. The summed E-state index contributed by atoms with van der Waals surface area (Å²) in [7, 11) is 3.46. The maximum atomic E-state index is 11.9. The predicted molar refractivity (Wildman–Crippen MR) is 132 cm³/mol. The number of benzene rings is 1. The fraction of sp³-hybridized carbons (Fsp3) is 0.364. The van der Waals surface area contributed by atoms with E-state index in [4.69, 9.17) is 4.42 Å². The third-order valence-corrected chi connectivity index (χ3v) is 4.81. The van der Waals surface area contributed by atoms with Crippen LogP contribution in [0.2, 0.25) is 0 Å². The molecule has 0 saturated carbocycles. The highest BCUT2D eigenvalue weighted by atomic mass is 127. The number of hydrogen-bond acceptors (Lipinski definition) is 3. The molecule has 0 saturated heterocycles. The largest absolute Gasteiger partial charge is 0.469 e. The number of amides is 1. The zero-order valence-electron chi connectivity index (χ0n) is 17.7. The van der Waals surface area contributed by atoms with Gasteiger partial charge in [0.15, 0.2) is 5.96 Å². The van der Waals surface area contributed by atoms with Crippen molar-refractivity contribution >= 4 is 46.7 Å². The summed E-state index contributed by atoms with van der Waals surface area (Å²) in [6, 6.07) is 10.1. The monoisotopic (exact) mass is 523 g/mol. The fourth-order valence-electron chi connectivity index (χ4n) is 3.11. The molecule has 0 aliphatic carbocycles. The number of aryl methyl sites for hydroxylation is 1. The minimum absolute atomic E-state index is 0. The van der Waals surface area contributed by atoms with E-state index in [2.05, 4.69) is 51.9 Å². The van der Waals surface area contributed by atoms with Crippen LogP contribution in [0.3, 0.4) is 0 Å². The Bertz CT molecular complexity index is 963. The molecule has 1 aromatic carbocycles. The number of aromatic amines is 1. The van der Waals surface area contributed by atoms with Crippen LogP contribution >= 0.6 is 24.0 Å². The van der Waals surface area contributed by atoms with Crippen molar-refractivity contribution in [2.45, 2.75) is 19.8 Å². The summed E-state index contributed by atoms with van der Waals surface area (Å²) in [6.07, 6.45) is 5.33. The van der Waals surface area contributed by atoms with E-state index in [1.807, 2.05) is 12.1 Å². The molecule has 0 unspecified atom stereocenters. The number of guanidine groups is 1. The summed E-state index contributed by atoms with van der Waals surface area (Å²) < 4.78 is 5.36. The molecule has 0 bridgehead atoms. The molecule has 3 rings (SSSR count). The lowest BCUT2D eigenvalue weighted by Gasteiger charge is -2.13. The van der Waals surface area contributed by atoms with E-state index in [0.29, 0.717) is 19.0 Å². The molecular weight excluding hydrogens is 493 g/mol. The Hall–Kier alpha value is -2.49. The Balaban J connectivity index is 0.00000320. The minimum atomic E-state index is -0.0377. The highest BCUT2D eigenvalue weighted by Gasteiger charge is 2.07. The first-order chi connectivity index (χ1) is 14.0. The van der Waals surface area contributed by atoms with Gasteiger partial charge in [-0.2, -0.15) is 0 Å². The molecule has 0 aliphatic heterocycles. The van der Waals surface area contributed by atoms with Crippen molar-refractivity contribution < 1.29 is 9.21 Å². The molecule has 3 N–H and O–H groups in total. The number of H-pyrrole nitrogens is 1. The number of likely N-dealkylation sites (N-methyl/N-ethyl adjacent to an activating group) is 1.